The summed E-state index contributed by atoms with van der Waals surface area (Å²) < 4.78 is 17.5. The summed E-state index contributed by atoms with van der Waals surface area (Å²) in [6, 6.07) is 0. The molecule has 0 radical (unpaired) electrons. The topological polar surface area (TPSA) is 65.1 Å². The lowest BCUT2D eigenvalue weighted by atomic mass is 9.77. The van der Waals surface area contributed by atoms with Gasteiger partial charge in [0, 0.05) is 18.9 Å². The molecule has 0 aliphatic carbocycles. The Kier molecular flexibility index (Phi) is 8.54. The molecule has 0 bridgehead atoms. The average molecular weight is 428 g/mol. The summed E-state index contributed by atoms with van der Waals surface area (Å²) in [5, 5.41) is 0. The van der Waals surface area contributed by atoms with Crippen LogP contribution in [-0.4, -0.2) is 50.5 Å². The predicted molar refractivity (Wildman–Crippen MR) is 118 cm³/mol. The van der Waals surface area contributed by atoms with E-state index in [-0.39, 0.29) is 29.6 Å². The van der Waals surface area contributed by atoms with Crippen molar-refractivity contribution in [3.63, 3.8) is 0 Å². The van der Waals surface area contributed by atoms with Gasteiger partial charge in [0.15, 0.2) is 9.04 Å². The van der Waals surface area contributed by atoms with Gasteiger partial charge in [-0.2, -0.15) is 0 Å². The van der Waals surface area contributed by atoms with Crippen LogP contribution in [0.5, 0.6) is 0 Å². The molecule has 3 atom stereocenters. The molecule has 1 heterocycles. The molecule has 1 amide bonds. The van der Waals surface area contributed by atoms with Crippen molar-refractivity contribution < 1.29 is 23.5 Å². The molecule has 0 saturated carbocycles. The van der Waals surface area contributed by atoms with Gasteiger partial charge in [-0.25, -0.2) is 4.79 Å². The van der Waals surface area contributed by atoms with Gasteiger partial charge in [-0.15, -0.1) is 6.58 Å². The summed E-state index contributed by atoms with van der Waals surface area (Å²) in [6.45, 7) is 22.8. The van der Waals surface area contributed by atoms with Gasteiger partial charge in [0.1, 0.15) is 11.3 Å². The Hall–Kier alpha value is -1.34. The normalized spacial score (nSPS) is 23.8. The van der Waals surface area contributed by atoms with Gasteiger partial charge in [0.05, 0.1) is 13.0 Å². The molecule has 1 aliphatic heterocycles. The molecule has 7 heteroatoms. The van der Waals surface area contributed by atoms with Gasteiger partial charge >= 0.3 is 12.1 Å². The van der Waals surface area contributed by atoms with Crippen molar-refractivity contribution >= 4 is 21.1 Å². The number of hydrogen-bond donors (Lipinski definition) is 0. The predicted octanol–water partition coefficient (Wildman–Crippen LogP) is 4.74. The summed E-state index contributed by atoms with van der Waals surface area (Å²) >= 11 is 0. The molecule has 1 saturated heterocycles. The summed E-state index contributed by atoms with van der Waals surface area (Å²) in [5.74, 6) is -0.488. The van der Waals surface area contributed by atoms with Crippen LogP contribution < -0.4 is 0 Å². The number of esters is 1. The number of carbonyl (C=O) groups excluding carboxylic acids is 2. The second-order valence-electron chi connectivity index (χ2n) is 10.2. The first-order valence-corrected chi connectivity index (χ1v) is 13.4. The number of hydrogen-bond acceptors (Lipinski definition) is 5. The van der Waals surface area contributed by atoms with E-state index in [0.29, 0.717) is 19.6 Å². The fourth-order valence-electron chi connectivity index (χ4n) is 3.81. The van der Waals surface area contributed by atoms with E-state index in [0.717, 1.165) is 0 Å². The second-order valence-corrected chi connectivity index (χ2v) is 12.6. The lowest BCUT2D eigenvalue weighted by Crippen LogP contribution is -2.57. The number of carbonyl (C=O) groups is 2. The molecule has 1 unspecified atom stereocenters. The van der Waals surface area contributed by atoms with Crippen LogP contribution in [0, 0.1) is 17.3 Å². The van der Waals surface area contributed by atoms with Crippen LogP contribution in [0.3, 0.4) is 0 Å². The van der Waals surface area contributed by atoms with Crippen molar-refractivity contribution in [2.75, 3.05) is 13.2 Å². The minimum absolute atomic E-state index is 0.0282. The molecule has 0 aromatic carbocycles. The fourth-order valence-corrected chi connectivity index (χ4v) is 5.03. The standard InChI is InChI=1S/C22H41NO5Si/c1-11-16(13-18(24)26-12-2)22(28-29(9)10)14-17(20(3,4)5)15-23(22)19(25)27-21(6,7)8/h11,16-17,29H,1,12-15H2,2-10H3/t16?,17-,22-/m0/s1. The zero-order valence-electron chi connectivity index (χ0n) is 19.8. The molecule has 1 rings (SSSR count). The Morgan fingerprint density at radius 3 is 2.24 bits per heavy atom. The van der Waals surface area contributed by atoms with Gasteiger partial charge in [-0.05, 0) is 52.1 Å². The Morgan fingerprint density at radius 2 is 1.83 bits per heavy atom. The van der Waals surface area contributed by atoms with Crippen LogP contribution in [0.25, 0.3) is 0 Å². The monoisotopic (exact) mass is 427 g/mol. The average Bonchev–Trinajstić information content (AvgIpc) is 2.91. The third-order valence-corrected chi connectivity index (χ3v) is 6.11. The highest BCUT2D eigenvalue weighted by molar-refractivity contribution is 6.48. The highest BCUT2D eigenvalue weighted by atomic mass is 28.3. The number of rotatable bonds is 7. The number of likely N-dealkylation sites (tertiary alicyclic amines) is 1. The SMILES string of the molecule is C=CC(CC(=O)OCC)[C@@]1(O[SiH](C)C)C[C@H](C(C)(C)C)CN1C(=O)OC(C)(C)C. The van der Waals surface area contributed by atoms with Crippen LogP contribution in [0.2, 0.25) is 13.1 Å². The molecule has 1 aliphatic rings. The number of ether oxygens (including phenoxy) is 2. The van der Waals surface area contributed by atoms with Crippen molar-refractivity contribution in [2.24, 2.45) is 17.3 Å². The van der Waals surface area contributed by atoms with E-state index in [2.05, 4.69) is 40.4 Å². The molecule has 0 spiro atoms. The first kappa shape index (κ1) is 25.7. The summed E-state index contributed by atoms with van der Waals surface area (Å²) in [5.41, 5.74) is -1.60. The maximum atomic E-state index is 13.3. The van der Waals surface area contributed by atoms with Gasteiger partial charge in [-0.3, -0.25) is 9.69 Å². The lowest BCUT2D eigenvalue weighted by Gasteiger charge is -2.44. The van der Waals surface area contributed by atoms with Gasteiger partial charge in [0.25, 0.3) is 0 Å². The zero-order chi connectivity index (χ0) is 22.6. The zero-order valence-corrected chi connectivity index (χ0v) is 21.0. The van der Waals surface area contributed by atoms with Crippen LogP contribution in [-0.2, 0) is 18.7 Å². The molecule has 29 heavy (non-hydrogen) atoms. The molecule has 0 aromatic heterocycles. The third kappa shape index (κ3) is 6.85. The van der Waals surface area contributed by atoms with Crippen LogP contribution in [0.15, 0.2) is 12.7 Å². The number of nitrogens with zero attached hydrogens (tertiary/aromatic N) is 1. The molecular formula is C22H41NO5Si. The van der Waals surface area contributed by atoms with Gasteiger partial charge < -0.3 is 13.9 Å². The van der Waals surface area contributed by atoms with E-state index < -0.39 is 26.5 Å². The van der Waals surface area contributed by atoms with Crippen molar-refractivity contribution in [1.82, 2.24) is 4.90 Å². The third-order valence-electron chi connectivity index (χ3n) is 5.23. The molecule has 0 N–H and O–H groups in total. The summed E-state index contributed by atoms with van der Waals surface area (Å²) in [7, 11) is -1.59. The van der Waals surface area contributed by atoms with E-state index >= 15 is 0 Å². The van der Waals surface area contributed by atoms with Gasteiger partial charge in [-0.1, -0.05) is 26.8 Å². The van der Waals surface area contributed by atoms with Crippen molar-refractivity contribution in [3.05, 3.63) is 12.7 Å². The molecular weight excluding hydrogens is 386 g/mol. The second kappa shape index (κ2) is 9.64. The Morgan fingerprint density at radius 1 is 1.24 bits per heavy atom. The highest BCUT2D eigenvalue weighted by Gasteiger charge is 2.56. The van der Waals surface area contributed by atoms with E-state index in [4.69, 9.17) is 13.9 Å². The van der Waals surface area contributed by atoms with Crippen molar-refractivity contribution in [1.29, 1.82) is 0 Å². The van der Waals surface area contributed by atoms with Gasteiger partial charge in [0.2, 0.25) is 0 Å². The quantitative estimate of drug-likeness (QED) is 0.333. The fraction of sp³-hybridized carbons (Fsp3) is 0.818. The maximum absolute atomic E-state index is 13.3. The Balaban J connectivity index is 3.45. The lowest BCUT2D eigenvalue weighted by molar-refractivity contribution is -0.149. The maximum Gasteiger partial charge on any atom is 0.412 e. The molecule has 0 aromatic rings. The summed E-state index contributed by atoms with van der Waals surface area (Å²) in [6.07, 6.45) is 2.08. The Labute approximate surface area is 178 Å². The first-order chi connectivity index (χ1) is 13.2. The largest absolute Gasteiger partial charge is 0.466 e. The number of amides is 1. The first-order valence-electron chi connectivity index (χ1n) is 10.6. The minimum atomic E-state index is -1.59. The van der Waals surface area contributed by atoms with E-state index in [9.17, 15) is 9.59 Å². The molecule has 1 fully saturated rings. The van der Waals surface area contributed by atoms with E-state index in [1.165, 1.54) is 0 Å². The van der Waals surface area contributed by atoms with E-state index in [1.54, 1.807) is 17.9 Å². The minimum Gasteiger partial charge on any atom is -0.466 e. The summed E-state index contributed by atoms with van der Waals surface area (Å²) in [4.78, 5) is 27.3. The van der Waals surface area contributed by atoms with Crippen LogP contribution in [0.4, 0.5) is 4.79 Å². The Bertz CT molecular complexity index is 593. The van der Waals surface area contributed by atoms with Crippen LogP contribution >= 0.6 is 0 Å². The smallest absolute Gasteiger partial charge is 0.412 e. The van der Waals surface area contributed by atoms with Crippen molar-refractivity contribution in [3.8, 4) is 0 Å². The highest BCUT2D eigenvalue weighted by Crippen LogP contribution is 2.48. The van der Waals surface area contributed by atoms with Crippen molar-refractivity contribution in [2.45, 2.75) is 85.7 Å². The molecule has 6 nitrogen and oxygen atoms in total. The van der Waals surface area contributed by atoms with Crippen LogP contribution in [0.1, 0.15) is 61.3 Å². The van der Waals surface area contributed by atoms with E-state index in [1.807, 2.05) is 20.8 Å². The molecule has 168 valence electrons.